The number of carboxylic acids is 1. The highest BCUT2D eigenvalue weighted by molar-refractivity contribution is 8.01. The molecule has 0 atom stereocenters. The van der Waals surface area contributed by atoms with Gasteiger partial charge in [-0.1, -0.05) is 11.8 Å². The Morgan fingerprint density at radius 2 is 2.15 bits per heavy atom. The summed E-state index contributed by atoms with van der Waals surface area (Å²) in [4.78, 5) is 15.5. The summed E-state index contributed by atoms with van der Waals surface area (Å²) in [7, 11) is -3.94. The molecule has 0 saturated heterocycles. The van der Waals surface area contributed by atoms with E-state index in [2.05, 4.69) is 9.36 Å². The predicted molar refractivity (Wildman–Crippen MR) is 73.5 cm³/mol. The van der Waals surface area contributed by atoms with Gasteiger partial charge >= 0.3 is 5.97 Å². The summed E-state index contributed by atoms with van der Waals surface area (Å²) in [6.45, 7) is 1.72. The van der Waals surface area contributed by atoms with E-state index in [1.165, 1.54) is 12.1 Å². The van der Waals surface area contributed by atoms with Crippen LogP contribution in [0.3, 0.4) is 0 Å². The first-order valence-electron chi connectivity index (χ1n) is 5.15. The largest absolute Gasteiger partial charge is 0.478 e. The van der Waals surface area contributed by atoms with E-state index in [9.17, 15) is 13.2 Å². The molecule has 0 aliphatic rings. The molecule has 0 aliphatic carbocycles. The van der Waals surface area contributed by atoms with Gasteiger partial charge in [0.1, 0.15) is 5.82 Å². The minimum Gasteiger partial charge on any atom is -0.478 e. The molecule has 10 heteroatoms. The van der Waals surface area contributed by atoms with E-state index in [-0.39, 0.29) is 10.5 Å². The maximum absolute atomic E-state index is 11.2. The standard InChI is InChI=1S/C10H9N3O4S3/c1-5-12-10(19-13-5)18-8-3-2-6(20(11,16)17)4-7(8)9(14)15/h2-4H,1H3,(H,14,15)(H2,11,16,17). The average Bonchev–Trinajstić information content (AvgIpc) is 2.73. The molecule has 1 aromatic carbocycles. The number of benzene rings is 1. The predicted octanol–water partition coefficient (Wildman–Crippen LogP) is 1.34. The Labute approximate surface area is 123 Å². The van der Waals surface area contributed by atoms with Crippen molar-refractivity contribution in [2.45, 2.75) is 21.1 Å². The van der Waals surface area contributed by atoms with Crippen molar-refractivity contribution in [2.24, 2.45) is 5.14 Å². The van der Waals surface area contributed by atoms with E-state index < -0.39 is 16.0 Å². The van der Waals surface area contributed by atoms with E-state index >= 15 is 0 Å². The fourth-order valence-corrected chi connectivity index (χ4v) is 3.61. The molecular formula is C10H9N3O4S3. The van der Waals surface area contributed by atoms with E-state index in [0.29, 0.717) is 15.1 Å². The molecule has 3 N–H and O–H groups in total. The minimum atomic E-state index is -3.94. The normalized spacial score (nSPS) is 11.5. The monoisotopic (exact) mass is 331 g/mol. The molecule has 0 aliphatic heterocycles. The van der Waals surface area contributed by atoms with Crippen LogP contribution in [0.4, 0.5) is 0 Å². The highest BCUT2D eigenvalue weighted by atomic mass is 32.2. The molecule has 2 aromatic rings. The van der Waals surface area contributed by atoms with Gasteiger partial charge in [0.2, 0.25) is 10.0 Å². The number of carbonyl (C=O) groups is 1. The third-order valence-electron chi connectivity index (χ3n) is 2.22. The summed E-state index contributed by atoms with van der Waals surface area (Å²) in [5, 5.41) is 14.1. The number of hydrogen-bond donors (Lipinski definition) is 2. The second-order valence-corrected chi connectivity index (χ2v) is 7.32. The number of hydrogen-bond acceptors (Lipinski definition) is 7. The van der Waals surface area contributed by atoms with Crippen LogP contribution in [-0.2, 0) is 10.0 Å². The lowest BCUT2D eigenvalue weighted by atomic mass is 10.2. The maximum Gasteiger partial charge on any atom is 0.336 e. The molecule has 0 bridgehead atoms. The Balaban J connectivity index is 2.45. The van der Waals surface area contributed by atoms with Gasteiger partial charge in [-0.3, -0.25) is 0 Å². The minimum absolute atomic E-state index is 0.144. The number of nitrogens with zero attached hydrogens (tertiary/aromatic N) is 2. The number of rotatable bonds is 4. The van der Waals surface area contributed by atoms with Crippen LogP contribution in [0.1, 0.15) is 16.2 Å². The molecule has 0 radical (unpaired) electrons. The van der Waals surface area contributed by atoms with Gasteiger partial charge in [0, 0.05) is 4.90 Å². The highest BCUT2D eigenvalue weighted by Gasteiger charge is 2.17. The van der Waals surface area contributed by atoms with Crippen molar-refractivity contribution in [3.63, 3.8) is 0 Å². The van der Waals surface area contributed by atoms with Crippen LogP contribution in [0, 0.1) is 6.92 Å². The summed E-state index contributed by atoms with van der Waals surface area (Å²) < 4.78 is 27.0. The Bertz CT molecular complexity index is 770. The Morgan fingerprint density at radius 3 is 2.65 bits per heavy atom. The maximum atomic E-state index is 11.2. The van der Waals surface area contributed by atoms with E-state index in [4.69, 9.17) is 10.2 Å². The average molecular weight is 331 g/mol. The molecular weight excluding hydrogens is 322 g/mol. The quantitative estimate of drug-likeness (QED) is 0.866. The van der Waals surface area contributed by atoms with Crippen LogP contribution in [0.5, 0.6) is 0 Å². The van der Waals surface area contributed by atoms with Crippen molar-refractivity contribution in [2.75, 3.05) is 0 Å². The van der Waals surface area contributed by atoms with Gasteiger partial charge in [0.15, 0.2) is 4.34 Å². The number of sulfonamides is 1. The van der Waals surface area contributed by atoms with Gasteiger partial charge in [-0.2, -0.15) is 4.37 Å². The molecule has 0 amide bonds. The lowest BCUT2D eigenvalue weighted by Gasteiger charge is -2.05. The van der Waals surface area contributed by atoms with Crippen LogP contribution in [0.2, 0.25) is 0 Å². The Hall–Kier alpha value is -1.49. The van der Waals surface area contributed by atoms with Gasteiger partial charge in [0.05, 0.1) is 10.5 Å². The second-order valence-electron chi connectivity index (χ2n) is 3.72. The number of primary sulfonamides is 1. The Morgan fingerprint density at radius 1 is 1.45 bits per heavy atom. The number of carboxylic acid groups (broad SMARTS) is 1. The van der Waals surface area contributed by atoms with Gasteiger partial charge in [-0.15, -0.1) is 0 Å². The number of aromatic carboxylic acids is 1. The second kappa shape index (κ2) is 5.48. The van der Waals surface area contributed by atoms with Crippen LogP contribution < -0.4 is 5.14 Å². The molecule has 0 unspecified atom stereocenters. The van der Waals surface area contributed by atoms with Crippen molar-refractivity contribution in [1.29, 1.82) is 0 Å². The highest BCUT2D eigenvalue weighted by Crippen LogP contribution is 2.32. The third kappa shape index (κ3) is 3.33. The van der Waals surface area contributed by atoms with Crippen molar-refractivity contribution in [3.05, 3.63) is 29.6 Å². The first kappa shape index (κ1) is 14.9. The van der Waals surface area contributed by atoms with Gasteiger partial charge in [0.25, 0.3) is 0 Å². The van der Waals surface area contributed by atoms with Crippen LogP contribution in [0.25, 0.3) is 0 Å². The van der Waals surface area contributed by atoms with Crippen LogP contribution in [-0.4, -0.2) is 28.9 Å². The zero-order chi connectivity index (χ0) is 14.9. The molecule has 0 spiro atoms. The van der Waals surface area contributed by atoms with Gasteiger partial charge in [-0.05, 0) is 36.7 Å². The van der Waals surface area contributed by atoms with Gasteiger partial charge in [-0.25, -0.2) is 23.3 Å². The number of aromatic nitrogens is 2. The van der Waals surface area contributed by atoms with E-state index in [1.807, 2.05) is 0 Å². The van der Waals surface area contributed by atoms with Crippen molar-refractivity contribution < 1.29 is 18.3 Å². The van der Waals surface area contributed by atoms with E-state index in [0.717, 1.165) is 29.4 Å². The van der Waals surface area contributed by atoms with Crippen LogP contribution >= 0.6 is 23.3 Å². The molecule has 2 rings (SSSR count). The lowest BCUT2D eigenvalue weighted by Crippen LogP contribution is -2.13. The molecule has 20 heavy (non-hydrogen) atoms. The fourth-order valence-electron chi connectivity index (χ4n) is 1.36. The molecule has 0 saturated carbocycles. The number of nitrogens with two attached hydrogens (primary N) is 1. The molecule has 106 valence electrons. The zero-order valence-corrected chi connectivity index (χ0v) is 12.6. The zero-order valence-electron chi connectivity index (χ0n) is 10.1. The first-order valence-corrected chi connectivity index (χ1v) is 8.29. The molecule has 1 aromatic heterocycles. The smallest absolute Gasteiger partial charge is 0.336 e. The van der Waals surface area contributed by atoms with Crippen molar-refractivity contribution >= 4 is 39.3 Å². The SMILES string of the molecule is Cc1nsc(Sc2ccc(S(N)(=O)=O)cc2C(=O)O)n1. The molecule has 7 nitrogen and oxygen atoms in total. The summed E-state index contributed by atoms with van der Waals surface area (Å²) >= 11 is 2.25. The third-order valence-corrected chi connectivity index (χ3v) is 5.05. The topological polar surface area (TPSA) is 123 Å². The van der Waals surface area contributed by atoms with Crippen molar-refractivity contribution in [3.8, 4) is 0 Å². The summed E-state index contributed by atoms with van der Waals surface area (Å²) in [6.07, 6.45) is 0. The van der Waals surface area contributed by atoms with Crippen LogP contribution in [0.15, 0.2) is 32.3 Å². The molecule has 0 fully saturated rings. The van der Waals surface area contributed by atoms with Crippen molar-refractivity contribution in [1.82, 2.24) is 9.36 Å². The fraction of sp³-hybridized carbons (Fsp3) is 0.100. The Kier molecular flexibility index (Phi) is 4.09. The first-order chi connectivity index (χ1) is 9.27. The lowest BCUT2D eigenvalue weighted by molar-refractivity contribution is 0.0693. The summed E-state index contributed by atoms with van der Waals surface area (Å²) in [5.74, 6) is -0.644. The summed E-state index contributed by atoms with van der Waals surface area (Å²) in [6, 6.07) is 3.69. The molecule has 1 heterocycles. The number of aryl methyl sites for hydroxylation is 1. The summed E-state index contributed by atoms with van der Waals surface area (Å²) in [5.41, 5.74) is -0.144. The van der Waals surface area contributed by atoms with E-state index in [1.54, 1.807) is 6.92 Å². The van der Waals surface area contributed by atoms with Gasteiger partial charge < -0.3 is 5.11 Å².